The Bertz CT molecular complexity index is 979. The second-order valence-corrected chi connectivity index (χ2v) is 7.72. The molecule has 28 heavy (non-hydrogen) atoms. The van der Waals surface area contributed by atoms with Crippen LogP contribution in [0.2, 0.25) is 0 Å². The number of esters is 1. The first kappa shape index (κ1) is 17.1. The average molecular weight is 379 g/mol. The summed E-state index contributed by atoms with van der Waals surface area (Å²) in [6.45, 7) is 1.48. The lowest BCUT2D eigenvalue weighted by Gasteiger charge is -2.21. The number of benzene rings is 2. The van der Waals surface area contributed by atoms with E-state index < -0.39 is 16.3 Å². The van der Waals surface area contributed by atoms with Crippen LogP contribution < -0.4 is 4.74 Å². The van der Waals surface area contributed by atoms with Crippen LogP contribution >= 0.6 is 0 Å². The number of fused-ring (bicyclic) bond motifs is 8. The predicted octanol–water partition coefficient (Wildman–Crippen LogP) is 3.54. The van der Waals surface area contributed by atoms with E-state index in [2.05, 4.69) is 0 Å². The maximum absolute atomic E-state index is 13.2. The summed E-state index contributed by atoms with van der Waals surface area (Å²) in [6.07, 6.45) is -0.289. The molecule has 0 amide bonds. The summed E-state index contributed by atoms with van der Waals surface area (Å²) in [6, 6.07) is 13.3. The van der Waals surface area contributed by atoms with Crippen LogP contribution in [0.3, 0.4) is 0 Å². The van der Waals surface area contributed by atoms with Gasteiger partial charge in [0, 0.05) is 30.4 Å². The van der Waals surface area contributed by atoms with Gasteiger partial charge in [-0.25, -0.2) is 0 Å². The van der Waals surface area contributed by atoms with E-state index in [0.29, 0.717) is 0 Å². The molecule has 4 unspecified atom stereocenters. The normalized spacial score (nSPS) is 31.0. The van der Waals surface area contributed by atoms with Crippen molar-refractivity contribution >= 4 is 17.4 Å². The first-order chi connectivity index (χ1) is 13.4. The highest BCUT2D eigenvalue weighted by molar-refractivity contribution is 5.91. The summed E-state index contributed by atoms with van der Waals surface area (Å²) in [5.41, 5.74) is 1.19. The van der Waals surface area contributed by atoms with Crippen molar-refractivity contribution in [3.63, 3.8) is 0 Å². The first-order valence-electron chi connectivity index (χ1n) is 9.14. The summed E-state index contributed by atoms with van der Waals surface area (Å²) >= 11 is 0. The molecular formula is C21H17NO6. The third-order valence-electron chi connectivity index (χ3n) is 6.20. The number of carbonyl (C=O) groups is 2. The molecule has 5 rings (SSSR count). The average Bonchev–Trinajstić information content (AvgIpc) is 2.99. The van der Waals surface area contributed by atoms with E-state index in [9.17, 15) is 19.7 Å². The van der Waals surface area contributed by atoms with Gasteiger partial charge in [-0.15, -0.1) is 0 Å². The number of ketones is 1. The SMILES string of the molecule is CC(=O)CC1(C(=O)Oc2ccc([N+](=O)[O-])cc2)C2C3OC(c4ccccc43)C21. The largest absolute Gasteiger partial charge is 0.426 e. The number of carbonyl (C=O) groups excluding carboxylic acids is 2. The van der Waals surface area contributed by atoms with Gasteiger partial charge >= 0.3 is 5.97 Å². The van der Waals surface area contributed by atoms with E-state index in [-0.39, 0.29) is 47.7 Å². The minimum Gasteiger partial charge on any atom is -0.426 e. The van der Waals surface area contributed by atoms with Crippen molar-refractivity contribution in [1.82, 2.24) is 0 Å². The molecule has 1 aliphatic carbocycles. The van der Waals surface area contributed by atoms with Gasteiger partial charge < -0.3 is 9.47 Å². The number of ether oxygens (including phenoxy) is 2. The standard InChI is InChI=1S/C21H17NO6/c1-11(23)10-21(20(24)27-13-8-6-12(7-9-13)22(25)26)16-17(21)19-15-5-3-2-4-14(15)18(16)28-19/h2-9,16-19H,10H2,1H3. The Morgan fingerprint density at radius 2 is 1.64 bits per heavy atom. The highest BCUT2D eigenvalue weighted by Gasteiger charge is 2.81. The molecule has 0 radical (unpaired) electrons. The third kappa shape index (κ3) is 2.19. The Hall–Kier alpha value is -3.06. The summed E-state index contributed by atoms with van der Waals surface area (Å²) in [4.78, 5) is 35.4. The maximum Gasteiger partial charge on any atom is 0.318 e. The number of hydrogen-bond acceptors (Lipinski definition) is 6. The molecule has 2 bridgehead atoms. The minimum absolute atomic E-state index is 0.0708. The van der Waals surface area contributed by atoms with Crippen molar-refractivity contribution < 1.29 is 24.0 Å². The Morgan fingerprint density at radius 1 is 1.07 bits per heavy atom. The number of Topliss-reactive ketones (excluding diaryl/α,β-unsaturated/α-hetero) is 1. The molecule has 142 valence electrons. The molecule has 0 N–H and O–H groups in total. The number of rotatable bonds is 5. The summed E-state index contributed by atoms with van der Waals surface area (Å²) < 4.78 is 11.7. The van der Waals surface area contributed by atoms with Crippen LogP contribution in [0.5, 0.6) is 5.75 Å². The Morgan fingerprint density at radius 3 is 2.14 bits per heavy atom. The Labute approximate surface area is 160 Å². The predicted molar refractivity (Wildman–Crippen MR) is 96.5 cm³/mol. The second-order valence-electron chi connectivity index (χ2n) is 7.72. The molecule has 1 saturated heterocycles. The lowest BCUT2D eigenvalue weighted by molar-refractivity contribution is -0.384. The van der Waals surface area contributed by atoms with E-state index in [1.165, 1.54) is 31.2 Å². The van der Waals surface area contributed by atoms with Gasteiger partial charge in [0.1, 0.15) is 11.5 Å². The fourth-order valence-corrected chi connectivity index (χ4v) is 5.14. The number of hydrogen-bond donors (Lipinski definition) is 0. The van der Waals surface area contributed by atoms with Crippen molar-refractivity contribution in [3.05, 3.63) is 69.8 Å². The molecule has 3 aliphatic rings. The van der Waals surface area contributed by atoms with Gasteiger partial charge in [-0.2, -0.15) is 0 Å². The van der Waals surface area contributed by atoms with Crippen LogP contribution in [0.1, 0.15) is 36.7 Å². The Kier molecular flexibility index (Phi) is 3.49. The zero-order chi connectivity index (χ0) is 19.6. The van der Waals surface area contributed by atoms with Crippen LogP contribution in [-0.2, 0) is 14.3 Å². The zero-order valence-corrected chi connectivity index (χ0v) is 15.0. The fraction of sp³-hybridized carbons (Fsp3) is 0.333. The molecule has 2 aromatic carbocycles. The van der Waals surface area contributed by atoms with E-state index in [0.717, 1.165) is 11.1 Å². The molecule has 2 heterocycles. The van der Waals surface area contributed by atoms with E-state index in [1.54, 1.807) is 0 Å². The van der Waals surface area contributed by atoms with Crippen molar-refractivity contribution in [2.24, 2.45) is 17.3 Å². The topological polar surface area (TPSA) is 95.7 Å². The molecule has 2 aromatic rings. The molecule has 0 spiro atoms. The van der Waals surface area contributed by atoms with Crippen molar-refractivity contribution in [3.8, 4) is 5.75 Å². The number of non-ortho nitro benzene ring substituents is 1. The summed E-state index contributed by atoms with van der Waals surface area (Å²) in [5.74, 6) is -0.464. The second kappa shape index (κ2) is 5.72. The number of nitro benzene ring substituents is 1. The van der Waals surface area contributed by atoms with Gasteiger partial charge in [-0.05, 0) is 30.2 Å². The van der Waals surface area contributed by atoms with Gasteiger partial charge in [0.15, 0.2) is 0 Å². The highest BCUT2D eigenvalue weighted by Crippen LogP contribution is 2.80. The molecule has 2 fully saturated rings. The van der Waals surface area contributed by atoms with Crippen LogP contribution in [0.15, 0.2) is 48.5 Å². The lowest BCUT2D eigenvalue weighted by Crippen LogP contribution is -2.30. The highest BCUT2D eigenvalue weighted by atomic mass is 16.6. The monoisotopic (exact) mass is 379 g/mol. The molecular weight excluding hydrogens is 362 g/mol. The lowest BCUT2D eigenvalue weighted by atomic mass is 9.92. The van der Waals surface area contributed by atoms with Gasteiger partial charge in [0.25, 0.3) is 5.69 Å². The molecule has 7 nitrogen and oxygen atoms in total. The summed E-state index contributed by atoms with van der Waals surface area (Å²) in [5, 5.41) is 10.8. The number of nitro groups is 1. The van der Waals surface area contributed by atoms with Crippen molar-refractivity contribution in [2.75, 3.05) is 0 Å². The molecule has 4 atom stereocenters. The van der Waals surface area contributed by atoms with E-state index in [4.69, 9.17) is 9.47 Å². The van der Waals surface area contributed by atoms with Gasteiger partial charge in [0.2, 0.25) is 0 Å². The quantitative estimate of drug-likeness (QED) is 0.341. The fourth-order valence-electron chi connectivity index (χ4n) is 5.14. The van der Waals surface area contributed by atoms with Crippen molar-refractivity contribution in [2.45, 2.75) is 25.6 Å². The van der Waals surface area contributed by atoms with Gasteiger partial charge in [0.05, 0.1) is 22.5 Å². The van der Waals surface area contributed by atoms with E-state index >= 15 is 0 Å². The molecule has 0 aromatic heterocycles. The van der Waals surface area contributed by atoms with E-state index in [1.807, 2.05) is 24.3 Å². The zero-order valence-electron chi connectivity index (χ0n) is 15.0. The number of nitrogens with zero attached hydrogens (tertiary/aromatic N) is 1. The van der Waals surface area contributed by atoms with Crippen LogP contribution in [0.25, 0.3) is 0 Å². The molecule has 1 saturated carbocycles. The van der Waals surface area contributed by atoms with Crippen molar-refractivity contribution in [1.29, 1.82) is 0 Å². The maximum atomic E-state index is 13.2. The van der Waals surface area contributed by atoms with Crippen LogP contribution in [0, 0.1) is 27.4 Å². The molecule has 7 heteroatoms. The Balaban J connectivity index is 1.44. The van der Waals surface area contributed by atoms with Crippen LogP contribution in [0.4, 0.5) is 5.69 Å². The third-order valence-corrected chi connectivity index (χ3v) is 6.20. The minimum atomic E-state index is -0.903. The van der Waals surface area contributed by atoms with Gasteiger partial charge in [-0.1, -0.05) is 24.3 Å². The van der Waals surface area contributed by atoms with Crippen LogP contribution in [-0.4, -0.2) is 16.7 Å². The first-order valence-corrected chi connectivity index (χ1v) is 9.14. The summed E-state index contributed by atoms with van der Waals surface area (Å²) in [7, 11) is 0. The smallest absolute Gasteiger partial charge is 0.318 e. The van der Waals surface area contributed by atoms with Gasteiger partial charge in [-0.3, -0.25) is 19.7 Å². The molecule has 2 aliphatic heterocycles.